The van der Waals surface area contributed by atoms with Gasteiger partial charge in [0.2, 0.25) is 0 Å². The molecule has 0 aliphatic heterocycles. The molecule has 3 heteroatoms. The minimum Gasteiger partial charge on any atom is -0.497 e. The van der Waals surface area contributed by atoms with E-state index in [4.69, 9.17) is 4.74 Å². The van der Waals surface area contributed by atoms with Gasteiger partial charge in [0.05, 0.1) is 12.6 Å². The van der Waals surface area contributed by atoms with Crippen molar-refractivity contribution in [2.24, 2.45) is 0 Å². The third kappa shape index (κ3) is 2.10. The number of aliphatic hydroxyl groups excluding tert-OH is 1. The van der Waals surface area contributed by atoms with E-state index in [2.05, 4.69) is 36.7 Å². The first-order valence-electron chi connectivity index (χ1n) is 6.37. The van der Waals surface area contributed by atoms with Crippen LogP contribution in [-0.4, -0.2) is 23.4 Å². The van der Waals surface area contributed by atoms with E-state index in [9.17, 15) is 5.11 Å². The lowest BCUT2D eigenvalue weighted by molar-refractivity contribution is 0.273. The van der Waals surface area contributed by atoms with Gasteiger partial charge in [0.15, 0.2) is 0 Å². The van der Waals surface area contributed by atoms with Crippen molar-refractivity contribution in [3.63, 3.8) is 0 Å². The molecule has 0 spiro atoms. The van der Waals surface area contributed by atoms with Gasteiger partial charge in [-0.25, -0.2) is 0 Å². The number of aliphatic hydroxyl groups is 1. The van der Waals surface area contributed by atoms with Gasteiger partial charge in [-0.2, -0.15) is 0 Å². The largest absolute Gasteiger partial charge is 0.497 e. The van der Waals surface area contributed by atoms with Crippen LogP contribution in [0.4, 0.5) is 0 Å². The summed E-state index contributed by atoms with van der Waals surface area (Å²) in [6, 6.07) is 6.50. The summed E-state index contributed by atoms with van der Waals surface area (Å²) in [5, 5.41) is 10.6. The van der Waals surface area contributed by atoms with Crippen LogP contribution in [0.3, 0.4) is 0 Å². The van der Waals surface area contributed by atoms with Crippen LogP contribution >= 0.6 is 0 Å². The van der Waals surface area contributed by atoms with Crippen LogP contribution in [0.2, 0.25) is 0 Å². The van der Waals surface area contributed by atoms with Crippen molar-refractivity contribution in [1.82, 2.24) is 4.57 Å². The molecular weight excluding hydrogens is 226 g/mol. The highest BCUT2D eigenvalue weighted by Crippen LogP contribution is 2.32. The second kappa shape index (κ2) is 5.02. The molecule has 0 aliphatic rings. The fraction of sp³-hybridized carbons (Fsp3) is 0.467. The van der Waals surface area contributed by atoms with E-state index in [1.165, 1.54) is 16.5 Å². The van der Waals surface area contributed by atoms with E-state index in [1.54, 1.807) is 7.11 Å². The number of nitrogens with zero attached hydrogens (tertiary/aromatic N) is 1. The van der Waals surface area contributed by atoms with Gasteiger partial charge in [-0.1, -0.05) is 6.92 Å². The average molecular weight is 247 g/mol. The minimum absolute atomic E-state index is 0.154. The summed E-state index contributed by atoms with van der Waals surface area (Å²) in [5.41, 5.74) is 2.36. The van der Waals surface area contributed by atoms with Gasteiger partial charge >= 0.3 is 0 Å². The third-order valence-corrected chi connectivity index (χ3v) is 3.43. The van der Waals surface area contributed by atoms with Gasteiger partial charge in [-0.3, -0.25) is 0 Å². The maximum Gasteiger partial charge on any atom is 0.120 e. The Balaban J connectivity index is 2.67. The highest BCUT2D eigenvalue weighted by atomic mass is 16.5. The molecule has 1 aromatic carbocycles. The quantitative estimate of drug-likeness (QED) is 0.899. The minimum atomic E-state index is 0.154. The van der Waals surface area contributed by atoms with Crippen molar-refractivity contribution in [2.75, 3.05) is 13.7 Å². The fourth-order valence-electron chi connectivity index (χ4n) is 2.30. The van der Waals surface area contributed by atoms with Crippen LogP contribution in [0, 0.1) is 0 Å². The van der Waals surface area contributed by atoms with E-state index in [0.717, 1.165) is 5.75 Å². The fourth-order valence-corrected chi connectivity index (χ4v) is 2.30. The summed E-state index contributed by atoms with van der Waals surface area (Å²) in [7, 11) is 1.68. The molecule has 0 fully saturated rings. The molecule has 0 bridgehead atoms. The van der Waals surface area contributed by atoms with Crippen LogP contribution < -0.4 is 4.74 Å². The summed E-state index contributed by atoms with van der Waals surface area (Å²) >= 11 is 0. The number of fused-ring (bicyclic) bond motifs is 1. The first-order valence-corrected chi connectivity index (χ1v) is 6.37. The van der Waals surface area contributed by atoms with Crippen molar-refractivity contribution in [1.29, 1.82) is 0 Å². The van der Waals surface area contributed by atoms with Gasteiger partial charge < -0.3 is 14.4 Å². The van der Waals surface area contributed by atoms with Crippen molar-refractivity contribution in [3.8, 4) is 5.75 Å². The molecule has 3 nitrogen and oxygen atoms in total. The first-order chi connectivity index (χ1) is 8.58. The number of methoxy groups -OCH3 is 1. The molecule has 1 heterocycles. The Bertz CT molecular complexity index is 543. The average Bonchev–Trinajstić information content (AvgIpc) is 2.76. The lowest BCUT2D eigenvalue weighted by Gasteiger charge is -2.09. The standard InChI is InChI=1S/C15H21NO2/c1-10(2)16-8-14(11(3)9-17)13-6-5-12(18-4)7-15(13)16/h5-8,10-11,17H,9H2,1-4H3. The smallest absolute Gasteiger partial charge is 0.120 e. The SMILES string of the molecule is COc1ccc2c(C(C)CO)cn(C(C)C)c2c1. The predicted octanol–water partition coefficient (Wildman–Crippen LogP) is 3.33. The molecule has 2 aromatic rings. The summed E-state index contributed by atoms with van der Waals surface area (Å²) < 4.78 is 7.53. The normalized spacial score (nSPS) is 13.2. The van der Waals surface area contributed by atoms with Crippen LogP contribution in [0.1, 0.15) is 38.3 Å². The van der Waals surface area contributed by atoms with E-state index in [0.29, 0.717) is 6.04 Å². The zero-order valence-corrected chi connectivity index (χ0v) is 11.5. The van der Waals surface area contributed by atoms with Gasteiger partial charge in [0, 0.05) is 36.2 Å². The molecule has 0 saturated heterocycles. The van der Waals surface area contributed by atoms with Crippen LogP contribution in [-0.2, 0) is 0 Å². The monoisotopic (exact) mass is 247 g/mol. The number of hydrogen-bond acceptors (Lipinski definition) is 2. The summed E-state index contributed by atoms with van der Waals surface area (Å²) in [4.78, 5) is 0. The predicted molar refractivity (Wildman–Crippen MR) is 74.4 cm³/mol. The van der Waals surface area contributed by atoms with Gasteiger partial charge in [0.25, 0.3) is 0 Å². The molecule has 98 valence electrons. The van der Waals surface area contributed by atoms with Crippen LogP contribution in [0.25, 0.3) is 10.9 Å². The van der Waals surface area contributed by atoms with E-state index < -0.39 is 0 Å². The first kappa shape index (κ1) is 13.0. The highest BCUT2D eigenvalue weighted by molar-refractivity contribution is 5.86. The maximum atomic E-state index is 9.36. The summed E-state index contributed by atoms with van der Waals surface area (Å²) in [6.07, 6.45) is 2.15. The van der Waals surface area contributed by atoms with Gasteiger partial charge in [-0.15, -0.1) is 0 Å². The molecule has 1 N–H and O–H groups in total. The zero-order valence-electron chi connectivity index (χ0n) is 11.5. The Morgan fingerprint density at radius 2 is 2.00 bits per heavy atom. The zero-order chi connectivity index (χ0) is 13.3. The number of benzene rings is 1. The lowest BCUT2D eigenvalue weighted by Crippen LogP contribution is -2.00. The van der Waals surface area contributed by atoms with Crippen molar-refractivity contribution >= 4 is 10.9 Å². The van der Waals surface area contributed by atoms with Crippen LogP contribution in [0.5, 0.6) is 5.75 Å². The number of rotatable bonds is 4. The van der Waals surface area contributed by atoms with Crippen LogP contribution in [0.15, 0.2) is 24.4 Å². The molecule has 1 unspecified atom stereocenters. The number of aromatic nitrogens is 1. The third-order valence-electron chi connectivity index (χ3n) is 3.43. The number of hydrogen-bond donors (Lipinski definition) is 1. The highest BCUT2D eigenvalue weighted by Gasteiger charge is 2.15. The maximum absolute atomic E-state index is 9.36. The second-order valence-corrected chi connectivity index (χ2v) is 5.05. The van der Waals surface area contributed by atoms with E-state index >= 15 is 0 Å². The van der Waals surface area contributed by atoms with Gasteiger partial charge in [-0.05, 0) is 31.5 Å². The molecule has 0 radical (unpaired) electrons. The Hall–Kier alpha value is -1.48. The van der Waals surface area contributed by atoms with E-state index in [1.807, 2.05) is 13.0 Å². The molecule has 0 saturated carbocycles. The van der Waals surface area contributed by atoms with E-state index in [-0.39, 0.29) is 12.5 Å². The van der Waals surface area contributed by atoms with Gasteiger partial charge in [0.1, 0.15) is 5.75 Å². The Kier molecular flexibility index (Phi) is 3.62. The Labute approximate surface area is 108 Å². The molecular formula is C15H21NO2. The molecule has 2 rings (SSSR count). The lowest BCUT2D eigenvalue weighted by atomic mass is 10.0. The molecule has 0 aliphatic carbocycles. The van der Waals surface area contributed by atoms with Crippen molar-refractivity contribution in [2.45, 2.75) is 32.7 Å². The Morgan fingerprint density at radius 3 is 2.56 bits per heavy atom. The topological polar surface area (TPSA) is 34.4 Å². The molecule has 18 heavy (non-hydrogen) atoms. The Morgan fingerprint density at radius 1 is 1.28 bits per heavy atom. The molecule has 0 amide bonds. The summed E-state index contributed by atoms with van der Waals surface area (Å²) in [5.74, 6) is 1.02. The second-order valence-electron chi connectivity index (χ2n) is 5.05. The molecule has 1 atom stereocenters. The number of ether oxygens (including phenoxy) is 1. The van der Waals surface area contributed by atoms with Crippen molar-refractivity contribution < 1.29 is 9.84 Å². The molecule has 1 aromatic heterocycles. The summed E-state index contributed by atoms with van der Waals surface area (Å²) in [6.45, 7) is 6.53. The van der Waals surface area contributed by atoms with Crippen molar-refractivity contribution in [3.05, 3.63) is 30.0 Å².